The average molecular weight is 277 g/mol. The predicted molar refractivity (Wildman–Crippen MR) is 89.7 cm³/mol. The highest BCUT2D eigenvalue weighted by Gasteiger charge is 2.51. The second-order valence-electron chi connectivity index (χ2n) is 8.77. The summed E-state index contributed by atoms with van der Waals surface area (Å²) in [6, 6.07) is 0. The highest BCUT2D eigenvalue weighted by Crippen LogP contribution is 2.59. The SMILES string of the molecule is CC[C@@H](C)CC[C@H]1[C@@H](C)CC[C@H]2C(C)(C)CC=C[C@]12C. The third kappa shape index (κ3) is 2.85. The maximum atomic E-state index is 2.61. The number of allylic oxidation sites excluding steroid dienone is 2. The van der Waals surface area contributed by atoms with Crippen LogP contribution in [0.4, 0.5) is 0 Å². The van der Waals surface area contributed by atoms with E-state index in [1.165, 1.54) is 38.5 Å². The van der Waals surface area contributed by atoms with Gasteiger partial charge in [-0.25, -0.2) is 0 Å². The van der Waals surface area contributed by atoms with Crippen LogP contribution in [0, 0.1) is 34.5 Å². The largest absolute Gasteiger partial charge is 0.0874 e. The lowest BCUT2D eigenvalue weighted by Crippen LogP contribution is -2.49. The fraction of sp³-hybridized carbons (Fsp3) is 0.900. The van der Waals surface area contributed by atoms with Crippen molar-refractivity contribution in [2.45, 2.75) is 80.1 Å². The molecule has 2 aliphatic rings. The van der Waals surface area contributed by atoms with Crippen LogP contribution in [-0.2, 0) is 0 Å². The standard InChI is InChI=1S/C20H36/c1-7-15(2)9-11-17-16(3)10-12-18-19(4,5)13-8-14-20(17,18)6/h8,14-18H,7,9-13H2,1-6H3/t15-,16+,17+,18+,20-/m1/s1. The Morgan fingerprint density at radius 1 is 1.20 bits per heavy atom. The number of hydrogen-bond donors (Lipinski definition) is 0. The van der Waals surface area contributed by atoms with Crippen molar-refractivity contribution >= 4 is 0 Å². The van der Waals surface area contributed by atoms with E-state index in [1.807, 2.05) is 0 Å². The molecular formula is C20H36. The van der Waals surface area contributed by atoms with Gasteiger partial charge in [0.05, 0.1) is 0 Å². The molecule has 0 saturated heterocycles. The molecule has 5 atom stereocenters. The zero-order valence-corrected chi connectivity index (χ0v) is 14.7. The van der Waals surface area contributed by atoms with E-state index >= 15 is 0 Å². The van der Waals surface area contributed by atoms with Crippen molar-refractivity contribution in [2.24, 2.45) is 34.5 Å². The van der Waals surface area contributed by atoms with Gasteiger partial charge < -0.3 is 0 Å². The van der Waals surface area contributed by atoms with Gasteiger partial charge in [0.1, 0.15) is 0 Å². The Balaban J connectivity index is 2.20. The van der Waals surface area contributed by atoms with E-state index in [-0.39, 0.29) is 0 Å². The van der Waals surface area contributed by atoms with Crippen molar-refractivity contribution in [3.8, 4) is 0 Å². The Kier molecular flexibility index (Phi) is 4.72. The first-order valence-corrected chi connectivity index (χ1v) is 8.99. The van der Waals surface area contributed by atoms with Crippen LogP contribution in [0.1, 0.15) is 80.1 Å². The van der Waals surface area contributed by atoms with Crippen LogP contribution >= 0.6 is 0 Å². The van der Waals surface area contributed by atoms with Crippen molar-refractivity contribution in [3.05, 3.63) is 12.2 Å². The summed E-state index contributed by atoms with van der Waals surface area (Å²) in [5.74, 6) is 3.58. The maximum absolute atomic E-state index is 2.61. The molecule has 0 aromatic heterocycles. The van der Waals surface area contributed by atoms with Crippen molar-refractivity contribution in [3.63, 3.8) is 0 Å². The molecule has 0 aromatic rings. The second kappa shape index (κ2) is 5.85. The summed E-state index contributed by atoms with van der Waals surface area (Å²) in [6.07, 6.45) is 13.5. The Morgan fingerprint density at radius 2 is 1.90 bits per heavy atom. The molecule has 0 nitrogen and oxygen atoms in total. The first-order chi connectivity index (χ1) is 9.31. The molecule has 0 heteroatoms. The van der Waals surface area contributed by atoms with Crippen LogP contribution in [0.15, 0.2) is 12.2 Å². The molecule has 0 aliphatic heterocycles. The van der Waals surface area contributed by atoms with Crippen LogP contribution in [-0.4, -0.2) is 0 Å². The quantitative estimate of drug-likeness (QED) is 0.516. The van der Waals surface area contributed by atoms with E-state index in [1.54, 1.807) is 0 Å². The van der Waals surface area contributed by atoms with Crippen LogP contribution in [0.2, 0.25) is 0 Å². The predicted octanol–water partition coefficient (Wildman–Crippen LogP) is 6.47. The van der Waals surface area contributed by atoms with Crippen LogP contribution in [0.5, 0.6) is 0 Å². The minimum atomic E-state index is 0.451. The molecular weight excluding hydrogens is 240 g/mol. The van der Waals surface area contributed by atoms with E-state index in [0.717, 1.165) is 23.7 Å². The summed E-state index contributed by atoms with van der Waals surface area (Å²) < 4.78 is 0. The molecule has 116 valence electrons. The maximum Gasteiger partial charge on any atom is -0.00823 e. The zero-order chi connectivity index (χ0) is 15.0. The van der Waals surface area contributed by atoms with E-state index in [2.05, 4.69) is 53.7 Å². The third-order valence-electron chi connectivity index (χ3n) is 6.88. The summed E-state index contributed by atoms with van der Waals surface area (Å²) in [6.45, 7) is 14.9. The molecule has 20 heavy (non-hydrogen) atoms. The van der Waals surface area contributed by atoms with Gasteiger partial charge in [0.25, 0.3) is 0 Å². The molecule has 0 unspecified atom stereocenters. The van der Waals surface area contributed by atoms with Crippen molar-refractivity contribution in [1.82, 2.24) is 0 Å². The molecule has 2 aliphatic carbocycles. The topological polar surface area (TPSA) is 0 Å². The number of hydrogen-bond acceptors (Lipinski definition) is 0. The smallest absolute Gasteiger partial charge is 0.00823 e. The molecule has 1 saturated carbocycles. The van der Waals surface area contributed by atoms with E-state index < -0.39 is 0 Å². The molecule has 0 aromatic carbocycles. The van der Waals surface area contributed by atoms with Gasteiger partial charge in [-0.15, -0.1) is 0 Å². The normalized spacial score (nSPS) is 41.2. The third-order valence-corrected chi connectivity index (χ3v) is 6.88. The molecule has 2 rings (SSSR count). The van der Waals surface area contributed by atoms with Crippen molar-refractivity contribution < 1.29 is 0 Å². The van der Waals surface area contributed by atoms with Gasteiger partial charge in [-0.05, 0) is 53.8 Å². The average Bonchev–Trinajstić information content (AvgIpc) is 2.36. The van der Waals surface area contributed by atoms with E-state index in [4.69, 9.17) is 0 Å². The monoisotopic (exact) mass is 276 g/mol. The van der Waals surface area contributed by atoms with Gasteiger partial charge in [0.2, 0.25) is 0 Å². The molecule has 0 heterocycles. The minimum absolute atomic E-state index is 0.451. The van der Waals surface area contributed by atoms with Crippen LogP contribution in [0.25, 0.3) is 0 Å². The highest BCUT2D eigenvalue weighted by atomic mass is 14.6. The van der Waals surface area contributed by atoms with Crippen LogP contribution < -0.4 is 0 Å². The fourth-order valence-electron chi connectivity index (χ4n) is 5.31. The lowest BCUT2D eigenvalue weighted by molar-refractivity contribution is -0.0365. The Hall–Kier alpha value is -0.260. The number of rotatable bonds is 4. The van der Waals surface area contributed by atoms with Gasteiger partial charge in [0.15, 0.2) is 0 Å². The molecule has 1 fully saturated rings. The van der Waals surface area contributed by atoms with Gasteiger partial charge in [-0.1, -0.05) is 73.0 Å². The Labute approximate surface area is 127 Å². The summed E-state index contributed by atoms with van der Waals surface area (Å²) in [4.78, 5) is 0. The van der Waals surface area contributed by atoms with Gasteiger partial charge in [0, 0.05) is 0 Å². The van der Waals surface area contributed by atoms with E-state index in [0.29, 0.717) is 10.8 Å². The summed E-state index contributed by atoms with van der Waals surface area (Å²) in [7, 11) is 0. The van der Waals surface area contributed by atoms with Crippen molar-refractivity contribution in [2.75, 3.05) is 0 Å². The highest BCUT2D eigenvalue weighted by molar-refractivity contribution is 5.15. The van der Waals surface area contributed by atoms with Crippen LogP contribution in [0.3, 0.4) is 0 Å². The summed E-state index contributed by atoms with van der Waals surface area (Å²) in [5.41, 5.74) is 0.950. The minimum Gasteiger partial charge on any atom is -0.0874 e. The number of fused-ring (bicyclic) bond motifs is 1. The fourth-order valence-corrected chi connectivity index (χ4v) is 5.31. The van der Waals surface area contributed by atoms with E-state index in [9.17, 15) is 0 Å². The first-order valence-electron chi connectivity index (χ1n) is 8.99. The lowest BCUT2D eigenvalue weighted by atomic mass is 9.48. The molecule has 0 N–H and O–H groups in total. The summed E-state index contributed by atoms with van der Waals surface area (Å²) in [5, 5.41) is 0. The molecule has 0 bridgehead atoms. The Morgan fingerprint density at radius 3 is 2.55 bits per heavy atom. The lowest BCUT2D eigenvalue weighted by Gasteiger charge is -2.57. The van der Waals surface area contributed by atoms with Gasteiger partial charge in [-0.3, -0.25) is 0 Å². The molecule has 0 spiro atoms. The van der Waals surface area contributed by atoms with Gasteiger partial charge in [-0.2, -0.15) is 0 Å². The second-order valence-corrected chi connectivity index (χ2v) is 8.77. The zero-order valence-electron chi connectivity index (χ0n) is 14.7. The van der Waals surface area contributed by atoms with Crippen molar-refractivity contribution in [1.29, 1.82) is 0 Å². The summed E-state index contributed by atoms with van der Waals surface area (Å²) >= 11 is 0. The Bertz CT molecular complexity index is 351. The molecule has 0 radical (unpaired) electrons. The first kappa shape index (κ1) is 16.1. The van der Waals surface area contributed by atoms with Gasteiger partial charge >= 0.3 is 0 Å². The molecule has 0 amide bonds.